The van der Waals surface area contributed by atoms with Crippen LogP contribution in [0.5, 0.6) is 0 Å². The van der Waals surface area contributed by atoms with Crippen molar-refractivity contribution < 1.29 is 4.42 Å². The number of halogens is 1. The predicted molar refractivity (Wildman–Crippen MR) is 76.1 cm³/mol. The molecule has 0 radical (unpaired) electrons. The van der Waals surface area contributed by atoms with E-state index in [2.05, 4.69) is 31.2 Å². The molecule has 7 heteroatoms. The SMILES string of the molecule is Cc1nn(Cc2nnc(-c3cccs3)o2)c(C)c1Br. The Morgan fingerprint density at radius 2 is 2.21 bits per heavy atom. The molecule has 98 valence electrons. The highest BCUT2D eigenvalue weighted by molar-refractivity contribution is 9.10. The van der Waals surface area contributed by atoms with E-state index >= 15 is 0 Å². The first-order valence-electron chi connectivity index (χ1n) is 5.71. The van der Waals surface area contributed by atoms with Crippen LogP contribution in [0.3, 0.4) is 0 Å². The average Bonchev–Trinajstić information content (AvgIpc) is 3.09. The smallest absolute Gasteiger partial charge is 0.257 e. The molecule has 19 heavy (non-hydrogen) atoms. The summed E-state index contributed by atoms with van der Waals surface area (Å²) in [6.45, 7) is 4.44. The monoisotopic (exact) mass is 338 g/mol. The van der Waals surface area contributed by atoms with Gasteiger partial charge in [0.1, 0.15) is 6.54 Å². The summed E-state index contributed by atoms with van der Waals surface area (Å²) in [5.74, 6) is 1.12. The molecule has 0 aromatic carbocycles. The topological polar surface area (TPSA) is 56.7 Å². The fraction of sp³-hybridized carbons (Fsp3) is 0.250. The van der Waals surface area contributed by atoms with Crippen molar-refractivity contribution in [3.05, 3.63) is 39.3 Å². The summed E-state index contributed by atoms with van der Waals surface area (Å²) in [4.78, 5) is 0.980. The largest absolute Gasteiger partial charge is 0.418 e. The first kappa shape index (κ1) is 12.6. The third-order valence-electron chi connectivity index (χ3n) is 2.78. The molecule has 3 aromatic heterocycles. The van der Waals surface area contributed by atoms with Crippen molar-refractivity contribution in [2.24, 2.45) is 0 Å². The van der Waals surface area contributed by atoms with E-state index in [-0.39, 0.29) is 0 Å². The van der Waals surface area contributed by atoms with Crippen LogP contribution in [0.4, 0.5) is 0 Å². The van der Waals surface area contributed by atoms with Crippen LogP contribution in [0, 0.1) is 13.8 Å². The van der Waals surface area contributed by atoms with E-state index in [0.29, 0.717) is 18.3 Å². The van der Waals surface area contributed by atoms with E-state index in [1.54, 1.807) is 11.3 Å². The van der Waals surface area contributed by atoms with Crippen LogP contribution >= 0.6 is 27.3 Å². The maximum Gasteiger partial charge on any atom is 0.257 e. The van der Waals surface area contributed by atoms with Crippen LogP contribution in [-0.4, -0.2) is 20.0 Å². The molecule has 0 fully saturated rings. The standard InChI is InChI=1S/C12H11BrN4OS/c1-7-11(13)8(2)17(16-7)6-10-14-15-12(18-10)9-4-3-5-19-9/h3-5H,6H2,1-2H3. The van der Waals surface area contributed by atoms with E-state index in [9.17, 15) is 0 Å². The van der Waals surface area contributed by atoms with Gasteiger partial charge in [0.25, 0.3) is 5.89 Å². The van der Waals surface area contributed by atoms with Crippen LogP contribution in [-0.2, 0) is 6.54 Å². The molecule has 0 aliphatic heterocycles. The van der Waals surface area contributed by atoms with E-state index in [4.69, 9.17) is 4.42 Å². The molecule has 3 aromatic rings. The number of rotatable bonds is 3. The molecule has 0 N–H and O–H groups in total. The van der Waals surface area contributed by atoms with Crippen molar-refractivity contribution in [2.45, 2.75) is 20.4 Å². The molecule has 0 aliphatic rings. The van der Waals surface area contributed by atoms with Gasteiger partial charge in [-0.05, 0) is 41.2 Å². The summed E-state index contributed by atoms with van der Waals surface area (Å²) in [7, 11) is 0. The quantitative estimate of drug-likeness (QED) is 0.734. The maximum absolute atomic E-state index is 5.65. The highest BCUT2D eigenvalue weighted by Crippen LogP contribution is 2.24. The van der Waals surface area contributed by atoms with Crippen molar-refractivity contribution in [1.29, 1.82) is 0 Å². The molecule has 0 saturated heterocycles. The first-order chi connectivity index (χ1) is 9.15. The normalized spacial score (nSPS) is 11.1. The highest BCUT2D eigenvalue weighted by Gasteiger charge is 2.13. The van der Waals surface area contributed by atoms with Crippen LogP contribution in [0.15, 0.2) is 26.4 Å². The minimum atomic E-state index is 0.483. The Labute approximate surface area is 122 Å². The lowest BCUT2D eigenvalue weighted by atomic mass is 10.4. The number of hydrogen-bond acceptors (Lipinski definition) is 5. The Balaban J connectivity index is 1.86. The van der Waals surface area contributed by atoms with Gasteiger partial charge in [-0.2, -0.15) is 5.10 Å². The molecule has 3 rings (SSSR count). The Kier molecular flexibility index (Phi) is 3.24. The van der Waals surface area contributed by atoms with Crippen LogP contribution in [0.2, 0.25) is 0 Å². The van der Waals surface area contributed by atoms with Gasteiger partial charge in [-0.15, -0.1) is 21.5 Å². The second-order valence-electron chi connectivity index (χ2n) is 4.12. The van der Waals surface area contributed by atoms with Gasteiger partial charge in [-0.25, -0.2) is 0 Å². The Hall–Kier alpha value is -1.47. The number of aryl methyl sites for hydroxylation is 1. The van der Waals surface area contributed by atoms with Gasteiger partial charge in [0.05, 0.1) is 20.7 Å². The fourth-order valence-corrected chi connectivity index (χ4v) is 2.70. The average molecular weight is 339 g/mol. The van der Waals surface area contributed by atoms with Crippen LogP contribution < -0.4 is 0 Å². The van der Waals surface area contributed by atoms with Crippen LogP contribution in [0.25, 0.3) is 10.8 Å². The molecule has 0 amide bonds. The molecule has 5 nitrogen and oxygen atoms in total. The summed E-state index contributed by atoms with van der Waals surface area (Å²) in [6.07, 6.45) is 0. The van der Waals surface area contributed by atoms with Gasteiger partial charge in [0, 0.05) is 0 Å². The van der Waals surface area contributed by atoms with Gasteiger partial charge < -0.3 is 4.42 Å². The fourth-order valence-electron chi connectivity index (χ4n) is 1.77. The van der Waals surface area contributed by atoms with Crippen molar-refractivity contribution in [2.75, 3.05) is 0 Å². The molecule has 0 unspecified atom stereocenters. The Morgan fingerprint density at radius 3 is 2.84 bits per heavy atom. The first-order valence-corrected chi connectivity index (χ1v) is 7.38. The summed E-state index contributed by atoms with van der Waals surface area (Å²) >= 11 is 5.08. The van der Waals surface area contributed by atoms with Gasteiger partial charge in [-0.3, -0.25) is 4.68 Å². The molecular formula is C12H11BrN4OS. The van der Waals surface area contributed by atoms with Gasteiger partial charge in [0.2, 0.25) is 5.89 Å². The van der Waals surface area contributed by atoms with Gasteiger partial charge in [0.15, 0.2) is 0 Å². The van der Waals surface area contributed by atoms with Gasteiger partial charge in [-0.1, -0.05) is 6.07 Å². The number of nitrogens with zero attached hydrogens (tertiary/aromatic N) is 4. The molecule has 0 aliphatic carbocycles. The molecule has 0 saturated carbocycles. The van der Waals surface area contributed by atoms with Crippen molar-refractivity contribution in [1.82, 2.24) is 20.0 Å². The predicted octanol–water partition coefficient (Wildman–Crippen LogP) is 3.42. The lowest BCUT2D eigenvalue weighted by molar-refractivity contribution is 0.470. The van der Waals surface area contributed by atoms with Crippen molar-refractivity contribution >= 4 is 27.3 Å². The zero-order chi connectivity index (χ0) is 13.4. The van der Waals surface area contributed by atoms with Crippen LogP contribution in [0.1, 0.15) is 17.3 Å². The lowest BCUT2D eigenvalue weighted by Crippen LogP contribution is -2.04. The molecule has 0 spiro atoms. The molecule has 0 bridgehead atoms. The van der Waals surface area contributed by atoms with E-state index in [1.165, 1.54) is 0 Å². The summed E-state index contributed by atoms with van der Waals surface area (Å²) in [5, 5.41) is 14.5. The lowest BCUT2D eigenvalue weighted by Gasteiger charge is -1.99. The van der Waals surface area contributed by atoms with Crippen molar-refractivity contribution in [3.8, 4) is 10.8 Å². The third-order valence-corrected chi connectivity index (χ3v) is 4.78. The molecular weight excluding hydrogens is 328 g/mol. The summed E-state index contributed by atoms with van der Waals surface area (Å²) in [6, 6.07) is 3.92. The van der Waals surface area contributed by atoms with E-state index in [1.807, 2.05) is 36.0 Å². The zero-order valence-corrected chi connectivity index (χ0v) is 12.8. The Morgan fingerprint density at radius 1 is 1.37 bits per heavy atom. The number of hydrogen-bond donors (Lipinski definition) is 0. The second-order valence-corrected chi connectivity index (χ2v) is 5.86. The third kappa shape index (κ3) is 2.35. The second kappa shape index (κ2) is 4.90. The minimum Gasteiger partial charge on any atom is -0.418 e. The molecule has 0 atom stereocenters. The highest BCUT2D eigenvalue weighted by atomic mass is 79.9. The van der Waals surface area contributed by atoms with Gasteiger partial charge >= 0.3 is 0 Å². The summed E-state index contributed by atoms with van der Waals surface area (Å²) < 4.78 is 8.52. The molecule has 3 heterocycles. The number of aromatic nitrogens is 4. The minimum absolute atomic E-state index is 0.483. The van der Waals surface area contributed by atoms with E-state index < -0.39 is 0 Å². The van der Waals surface area contributed by atoms with E-state index in [0.717, 1.165) is 20.7 Å². The maximum atomic E-state index is 5.65. The summed E-state index contributed by atoms with van der Waals surface area (Å²) in [5.41, 5.74) is 2.00. The number of thiophene rings is 1. The van der Waals surface area contributed by atoms with Crippen molar-refractivity contribution in [3.63, 3.8) is 0 Å². The Bertz CT molecular complexity index is 701. The zero-order valence-electron chi connectivity index (χ0n) is 10.4.